The molecular formula is C23H16OSe. The molecule has 1 aromatic heterocycles. The van der Waals surface area contributed by atoms with Gasteiger partial charge in [0.05, 0.1) is 0 Å². The Bertz CT molecular complexity index is 1020. The summed E-state index contributed by atoms with van der Waals surface area (Å²) in [6.07, 6.45) is 0. The van der Waals surface area contributed by atoms with Crippen LogP contribution in [-0.4, -0.2) is 19.6 Å². The molecule has 0 amide bonds. The van der Waals surface area contributed by atoms with Crippen molar-refractivity contribution in [1.82, 2.24) is 0 Å². The average Bonchev–Trinajstić information content (AvgIpc) is 3.29. The van der Waals surface area contributed by atoms with Crippen LogP contribution in [0.3, 0.4) is 0 Å². The van der Waals surface area contributed by atoms with Crippen molar-refractivity contribution in [2.75, 3.05) is 0 Å². The quantitative estimate of drug-likeness (QED) is 0.496. The van der Waals surface area contributed by atoms with Crippen LogP contribution in [0.4, 0.5) is 0 Å². The van der Waals surface area contributed by atoms with Gasteiger partial charge in [-0.1, -0.05) is 0 Å². The van der Waals surface area contributed by atoms with Crippen molar-refractivity contribution < 1.29 is 5.11 Å². The van der Waals surface area contributed by atoms with Gasteiger partial charge in [0.25, 0.3) is 0 Å². The third kappa shape index (κ3) is 2.06. The molecule has 0 radical (unpaired) electrons. The topological polar surface area (TPSA) is 20.2 Å². The maximum absolute atomic E-state index is 12.1. The predicted molar refractivity (Wildman–Crippen MR) is 103 cm³/mol. The summed E-state index contributed by atoms with van der Waals surface area (Å²) in [4.78, 5) is 4.50. The number of rotatable bonds is 2. The van der Waals surface area contributed by atoms with Gasteiger partial charge in [0, 0.05) is 0 Å². The molecule has 3 aromatic carbocycles. The summed E-state index contributed by atoms with van der Waals surface area (Å²) in [5.74, 6) is 0. The first-order valence-corrected chi connectivity index (χ1v) is 10.3. The van der Waals surface area contributed by atoms with Crippen LogP contribution < -0.4 is 0 Å². The average molecular weight is 387 g/mol. The molecule has 0 saturated heterocycles. The van der Waals surface area contributed by atoms with Gasteiger partial charge in [-0.25, -0.2) is 0 Å². The van der Waals surface area contributed by atoms with Gasteiger partial charge in [-0.05, 0) is 0 Å². The molecule has 1 aliphatic rings. The second kappa shape index (κ2) is 5.57. The first-order chi connectivity index (χ1) is 12.3. The molecule has 1 heterocycles. The van der Waals surface area contributed by atoms with Crippen LogP contribution in [-0.2, 0) is 5.60 Å². The van der Waals surface area contributed by atoms with Crippen molar-refractivity contribution in [3.63, 3.8) is 0 Å². The fourth-order valence-electron chi connectivity index (χ4n) is 3.97. The zero-order valence-electron chi connectivity index (χ0n) is 13.5. The molecule has 0 saturated carbocycles. The molecule has 120 valence electrons. The van der Waals surface area contributed by atoms with Gasteiger partial charge in [0.2, 0.25) is 0 Å². The monoisotopic (exact) mass is 388 g/mol. The summed E-state index contributed by atoms with van der Waals surface area (Å²) >= 11 is 0.413. The number of benzene rings is 3. The van der Waals surface area contributed by atoms with Crippen LogP contribution in [0.1, 0.15) is 16.7 Å². The van der Waals surface area contributed by atoms with E-state index in [1.165, 1.54) is 5.56 Å². The molecule has 0 atom stereocenters. The van der Waals surface area contributed by atoms with Crippen LogP contribution in [0.25, 0.3) is 22.3 Å². The molecule has 1 aliphatic carbocycles. The van der Waals surface area contributed by atoms with E-state index in [0.29, 0.717) is 14.5 Å². The van der Waals surface area contributed by atoms with Crippen molar-refractivity contribution in [3.05, 3.63) is 105 Å². The minimum absolute atomic E-state index is 0.413. The summed E-state index contributed by atoms with van der Waals surface area (Å²) < 4.78 is 0. The summed E-state index contributed by atoms with van der Waals surface area (Å²) in [5.41, 5.74) is 6.35. The molecule has 0 fully saturated rings. The Morgan fingerprint density at radius 2 is 1.08 bits per heavy atom. The van der Waals surface area contributed by atoms with Gasteiger partial charge in [-0.3, -0.25) is 0 Å². The normalized spacial score (nSPS) is 14.1. The molecule has 5 rings (SSSR count). The fourth-order valence-corrected chi connectivity index (χ4v) is 5.35. The third-order valence-electron chi connectivity index (χ3n) is 5.07. The summed E-state index contributed by atoms with van der Waals surface area (Å²) in [7, 11) is 0. The first kappa shape index (κ1) is 14.9. The Morgan fingerprint density at radius 3 is 1.60 bits per heavy atom. The third-order valence-corrected chi connectivity index (χ3v) is 6.51. The molecule has 0 unspecified atom stereocenters. The second-order valence-corrected chi connectivity index (χ2v) is 8.00. The van der Waals surface area contributed by atoms with Crippen molar-refractivity contribution >= 4 is 14.5 Å². The SMILES string of the molecule is OC1(c2ccccc2-c2cc[se]c2)c2ccccc2-c2ccccc21. The van der Waals surface area contributed by atoms with Gasteiger partial charge in [0.1, 0.15) is 0 Å². The van der Waals surface area contributed by atoms with Gasteiger partial charge in [0.15, 0.2) is 0 Å². The number of hydrogen-bond donors (Lipinski definition) is 1. The van der Waals surface area contributed by atoms with Crippen molar-refractivity contribution in [3.8, 4) is 22.3 Å². The molecule has 4 aromatic rings. The zero-order chi connectivity index (χ0) is 16.9. The predicted octanol–water partition coefficient (Wildman–Crippen LogP) is 4.68. The number of aliphatic hydroxyl groups is 1. The summed E-state index contributed by atoms with van der Waals surface area (Å²) in [6.45, 7) is 0. The Morgan fingerprint density at radius 1 is 0.600 bits per heavy atom. The van der Waals surface area contributed by atoms with Crippen molar-refractivity contribution in [1.29, 1.82) is 0 Å². The van der Waals surface area contributed by atoms with Crippen LogP contribution in [0.2, 0.25) is 0 Å². The van der Waals surface area contributed by atoms with E-state index >= 15 is 0 Å². The fraction of sp³-hybridized carbons (Fsp3) is 0.0435. The van der Waals surface area contributed by atoms with Gasteiger partial charge >= 0.3 is 153 Å². The van der Waals surface area contributed by atoms with Crippen LogP contribution in [0, 0.1) is 0 Å². The van der Waals surface area contributed by atoms with Gasteiger partial charge < -0.3 is 0 Å². The van der Waals surface area contributed by atoms with Crippen LogP contribution in [0.15, 0.2) is 88.7 Å². The molecule has 0 spiro atoms. The van der Waals surface area contributed by atoms with Crippen LogP contribution in [0.5, 0.6) is 0 Å². The molecule has 25 heavy (non-hydrogen) atoms. The zero-order valence-corrected chi connectivity index (χ0v) is 15.2. The first-order valence-electron chi connectivity index (χ1n) is 8.34. The van der Waals surface area contributed by atoms with Gasteiger partial charge in [-0.15, -0.1) is 0 Å². The Kier molecular flexibility index (Phi) is 3.32. The van der Waals surface area contributed by atoms with E-state index in [0.717, 1.165) is 33.4 Å². The van der Waals surface area contributed by atoms with Crippen LogP contribution >= 0.6 is 0 Å². The minimum atomic E-state index is -1.12. The van der Waals surface area contributed by atoms with E-state index in [9.17, 15) is 5.11 Å². The summed E-state index contributed by atoms with van der Waals surface area (Å²) in [6, 6.07) is 26.8. The second-order valence-electron chi connectivity index (χ2n) is 6.36. The molecule has 0 aliphatic heterocycles. The molecule has 0 bridgehead atoms. The number of fused-ring (bicyclic) bond motifs is 3. The molecular weight excluding hydrogens is 371 g/mol. The van der Waals surface area contributed by atoms with Crippen molar-refractivity contribution in [2.24, 2.45) is 0 Å². The van der Waals surface area contributed by atoms with E-state index in [4.69, 9.17) is 0 Å². The van der Waals surface area contributed by atoms with E-state index in [2.05, 4.69) is 58.4 Å². The van der Waals surface area contributed by atoms with Crippen molar-refractivity contribution in [2.45, 2.75) is 5.60 Å². The number of hydrogen-bond acceptors (Lipinski definition) is 1. The summed E-state index contributed by atoms with van der Waals surface area (Å²) in [5, 5.41) is 12.1. The molecule has 1 nitrogen and oxygen atoms in total. The molecule has 1 N–H and O–H groups in total. The van der Waals surface area contributed by atoms with E-state index in [1.807, 2.05) is 30.3 Å². The van der Waals surface area contributed by atoms with E-state index in [-0.39, 0.29) is 0 Å². The standard InChI is InChI=1S/C23H16OSe/c24-23(20-10-4-1-7-17(20)16-13-14-25-15-16)21-11-5-2-8-18(21)19-9-3-6-12-22(19)23/h1-15,24H. The van der Waals surface area contributed by atoms with E-state index < -0.39 is 5.60 Å². The Hall–Kier alpha value is -2.38. The maximum atomic E-state index is 12.1. The van der Waals surface area contributed by atoms with E-state index in [1.54, 1.807) is 0 Å². The molecule has 2 heteroatoms. The van der Waals surface area contributed by atoms with Gasteiger partial charge in [-0.2, -0.15) is 0 Å². The Balaban J connectivity index is 1.86. The Labute approximate surface area is 153 Å².